The third-order valence-corrected chi connectivity index (χ3v) is 3.64. The summed E-state index contributed by atoms with van der Waals surface area (Å²) >= 11 is 5.79. The first-order valence-corrected chi connectivity index (χ1v) is 7.76. The molecular weight excluding hydrogens is 290 g/mol. The van der Waals surface area contributed by atoms with Crippen molar-refractivity contribution in [3.63, 3.8) is 0 Å². The number of urea groups is 1. The van der Waals surface area contributed by atoms with Crippen molar-refractivity contribution in [3.8, 4) is 5.88 Å². The molecule has 1 saturated carbocycles. The van der Waals surface area contributed by atoms with E-state index in [1.54, 1.807) is 18.3 Å². The summed E-state index contributed by atoms with van der Waals surface area (Å²) in [4.78, 5) is 15.8. The van der Waals surface area contributed by atoms with Crippen molar-refractivity contribution in [1.29, 1.82) is 0 Å². The molecule has 1 fully saturated rings. The number of carbonyl (C=O) groups excluding carboxylic acids is 1. The van der Waals surface area contributed by atoms with Gasteiger partial charge in [-0.25, -0.2) is 9.78 Å². The van der Waals surface area contributed by atoms with Crippen molar-refractivity contribution in [2.45, 2.75) is 57.7 Å². The molecule has 0 aromatic carbocycles. The number of aromatic nitrogens is 1. The summed E-state index contributed by atoms with van der Waals surface area (Å²) in [6, 6.07) is 3.84. The van der Waals surface area contributed by atoms with E-state index in [9.17, 15) is 4.79 Å². The monoisotopic (exact) mass is 311 g/mol. The number of rotatable bonds is 4. The maximum atomic E-state index is 11.7. The lowest BCUT2D eigenvalue weighted by Gasteiger charge is -2.29. The maximum Gasteiger partial charge on any atom is 0.315 e. The molecule has 116 valence electrons. The summed E-state index contributed by atoms with van der Waals surface area (Å²) in [5, 5.41) is 6.45. The molecule has 2 rings (SSSR count). The molecule has 6 heteroatoms. The van der Waals surface area contributed by atoms with Gasteiger partial charge in [-0.3, -0.25) is 0 Å². The van der Waals surface area contributed by atoms with Crippen molar-refractivity contribution < 1.29 is 9.53 Å². The van der Waals surface area contributed by atoms with Crippen LogP contribution in [0.5, 0.6) is 5.88 Å². The van der Waals surface area contributed by atoms with E-state index in [0.717, 1.165) is 25.7 Å². The van der Waals surface area contributed by atoms with Crippen molar-refractivity contribution in [2.24, 2.45) is 0 Å². The largest absolute Gasteiger partial charge is 0.474 e. The highest BCUT2D eigenvalue weighted by Gasteiger charge is 2.23. The summed E-state index contributed by atoms with van der Waals surface area (Å²) in [6.45, 7) is 3.90. The van der Waals surface area contributed by atoms with Crippen LogP contribution in [-0.4, -0.2) is 29.2 Å². The van der Waals surface area contributed by atoms with Gasteiger partial charge in [0.15, 0.2) is 0 Å². The van der Waals surface area contributed by atoms with Crippen LogP contribution in [0.4, 0.5) is 4.79 Å². The van der Waals surface area contributed by atoms with Crippen LogP contribution in [0.3, 0.4) is 0 Å². The first-order chi connectivity index (χ1) is 10.0. The van der Waals surface area contributed by atoms with Gasteiger partial charge in [0.2, 0.25) is 5.88 Å². The fourth-order valence-electron chi connectivity index (χ4n) is 2.42. The lowest BCUT2D eigenvalue weighted by atomic mass is 9.93. The highest BCUT2D eigenvalue weighted by atomic mass is 35.5. The van der Waals surface area contributed by atoms with Gasteiger partial charge in [-0.2, -0.15) is 0 Å². The number of ether oxygens (including phenoxy) is 1. The Hall–Kier alpha value is -1.49. The van der Waals surface area contributed by atoms with Crippen LogP contribution in [0.1, 0.15) is 39.5 Å². The molecule has 21 heavy (non-hydrogen) atoms. The average Bonchev–Trinajstić information content (AvgIpc) is 2.42. The van der Waals surface area contributed by atoms with Crippen LogP contribution in [0, 0.1) is 0 Å². The second-order valence-corrected chi connectivity index (χ2v) is 6.12. The molecule has 1 aromatic rings. The third-order valence-electron chi connectivity index (χ3n) is 3.42. The molecule has 2 amide bonds. The minimum atomic E-state index is -0.0891. The van der Waals surface area contributed by atoms with Crippen LogP contribution in [0.15, 0.2) is 18.3 Å². The lowest BCUT2D eigenvalue weighted by molar-refractivity contribution is 0.134. The number of hydrogen-bond donors (Lipinski definition) is 2. The Morgan fingerprint density at radius 1 is 1.33 bits per heavy atom. The molecular formula is C15H22ClN3O2. The molecule has 0 spiro atoms. The number of nitrogens with one attached hydrogen (secondary N) is 2. The van der Waals surface area contributed by atoms with Gasteiger partial charge in [-0.15, -0.1) is 0 Å². The predicted octanol–water partition coefficient (Wildman–Crippen LogP) is 3.13. The SMILES string of the molecule is CC(C)NC(=O)NC1CCC(Oc2ccc(Cl)cn2)CC1. The van der Waals surface area contributed by atoms with Crippen molar-refractivity contribution in [3.05, 3.63) is 23.4 Å². The summed E-state index contributed by atoms with van der Waals surface area (Å²) in [7, 11) is 0. The number of nitrogens with zero attached hydrogens (tertiary/aromatic N) is 1. The van der Waals surface area contributed by atoms with E-state index < -0.39 is 0 Å². The van der Waals surface area contributed by atoms with Crippen molar-refractivity contribution in [1.82, 2.24) is 15.6 Å². The van der Waals surface area contributed by atoms with Crippen LogP contribution >= 0.6 is 11.6 Å². The predicted molar refractivity (Wildman–Crippen MR) is 82.7 cm³/mol. The van der Waals surface area contributed by atoms with Crippen LogP contribution in [0.25, 0.3) is 0 Å². The highest BCUT2D eigenvalue weighted by Crippen LogP contribution is 2.23. The highest BCUT2D eigenvalue weighted by molar-refractivity contribution is 6.30. The maximum absolute atomic E-state index is 11.7. The molecule has 5 nitrogen and oxygen atoms in total. The molecule has 2 N–H and O–H groups in total. The van der Waals surface area contributed by atoms with E-state index in [2.05, 4.69) is 15.6 Å². The Morgan fingerprint density at radius 3 is 2.62 bits per heavy atom. The van der Waals surface area contributed by atoms with E-state index in [-0.39, 0.29) is 24.2 Å². The molecule has 1 aromatic heterocycles. The van der Waals surface area contributed by atoms with Gasteiger partial charge in [0, 0.05) is 24.3 Å². The van der Waals surface area contributed by atoms with E-state index >= 15 is 0 Å². The molecule has 0 unspecified atom stereocenters. The Bertz CT molecular complexity index is 456. The zero-order valence-electron chi connectivity index (χ0n) is 12.4. The standard InChI is InChI=1S/C15H22ClN3O2/c1-10(2)18-15(20)19-12-4-6-13(7-5-12)21-14-8-3-11(16)9-17-14/h3,8-10,12-13H,4-7H2,1-2H3,(H2,18,19,20). The van der Waals surface area contributed by atoms with Gasteiger partial charge in [-0.1, -0.05) is 11.6 Å². The Kier molecular flexibility index (Phi) is 5.67. The Morgan fingerprint density at radius 2 is 2.05 bits per heavy atom. The van der Waals surface area contributed by atoms with Gasteiger partial charge >= 0.3 is 6.03 Å². The van der Waals surface area contributed by atoms with Crippen LogP contribution < -0.4 is 15.4 Å². The normalized spacial score (nSPS) is 21.9. The van der Waals surface area contributed by atoms with Gasteiger partial charge in [0.25, 0.3) is 0 Å². The number of pyridine rings is 1. The fraction of sp³-hybridized carbons (Fsp3) is 0.600. The van der Waals surface area contributed by atoms with E-state index in [1.165, 1.54) is 0 Å². The first kappa shape index (κ1) is 15.9. The number of halogens is 1. The zero-order valence-corrected chi connectivity index (χ0v) is 13.2. The Labute approximate surface area is 130 Å². The number of carbonyl (C=O) groups is 1. The zero-order chi connectivity index (χ0) is 15.2. The molecule has 1 heterocycles. The molecule has 0 saturated heterocycles. The molecule has 0 bridgehead atoms. The lowest BCUT2D eigenvalue weighted by Crippen LogP contribution is -2.46. The minimum Gasteiger partial charge on any atom is -0.474 e. The molecule has 1 aliphatic carbocycles. The van der Waals surface area contributed by atoms with Gasteiger partial charge in [0.1, 0.15) is 6.10 Å². The van der Waals surface area contributed by atoms with Crippen LogP contribution in [-0.2, 0) is 0 Å². The van der Waals surface area contributed by atoms with Crippen molar-refractivity contribution in [2.75, 3.05) is 0 Å². The van der Waals surface area contributed by atoms with Gasteiger partial charge in [0.05, 0.1) is 5.02 Å². The summed E-state index contributed by atoms with van der Waals surface area (Å²) in [5.41, 5.74) is 0. The summed E-state index contributed by atoms with van der Waals surface area (Å²) in [6.07, 6.45) is 5.41. The first-order valence-electron chi connectivity index (χ1n) is 7.38. The topological polar surface area (TPSA) is 63.2 Å². The number of amides is 2. The fourth-order valence-corrected chi connectivity index (χ4v) is 2.53. The van der Waals surface area contributed by atoms with E-state index in [1.807, 2.05) is 13.8 Å². The third kappa shape index (κ3) is 5.42. The average molecular weight is 312 g/mol. The minimum absolute atomic E-state index is 0.0891. The molecule has 0 atom stereocenters. The Balaban J connectivity index is 1.73. The molecule has 0 aliphatic heterocycles. The van der Waals surface area contributed by atoms with Gasteiger partial charge < -0.3 is 15.4 Å². The smallest absolute Gasteiger partial charge is 0.315 e. The second-order valence-electron chi connectivity index (χ2n) is 5.68. The number of hydrogen-bond acceptors (Lipinski definition) is 3. The van der Waals surface area contributed by atoms with Crippen molar-refractivity contribution >= 4 is 17.6 Å². The molecule has 1 aliphatic rings. The van der Waals surface area contributed by atoms with Crippen LogP contribution in [0.2, 0.25) is 5.02 Å². The summed E-state index contributed by atoms with van der Waals surface area (Å²) < 4.78 is 5.83. The van der Waals surface area contributed by atoms with E-state index in [4.69, 9.17) is 16.3 Å². The second kappa shape index (κ2) is 7.50. The quantitative estimate of drug-likeness (QED) is 0.898. The molecule has 0 radical (unpaired) electrons. The summed E-state index contributed by atoms with van der Waals surface area (Å²) in [5.74, 6) is 0.605. The van der Waals surface area contributed by atoms with E-state index in [0.29, 0.717) is 10.9 Å². The van der Waals surface area contributed by atoms with Gasteiger partial charge in [-0.05, 0) is 45.6 Å².